The van der Waals surface area contributed by atoms with Crippen molar-refractivity contribution in [2.45, 2.75) is 37.1 Å². The first-order chi connectivity index (χ1) is 11.0. The monoisotopic (exact) mass is 349 g/mol. The van der Waals surface area contributed by atoms with Gasteiger partial charge in [-0.25, -0.2) is 0 Å². The van der Waals surface area contributed by atoms with Gasteiger partial charge in [0.1, 0.15) is 5.01 Å². The Labute approximate surface area is 143 Å². The Balaban J connectivity index is 1.86. The number of amides is 1. The topological polar surface area (TPSA) is 70.2 Å². The molecule has 122 valence electrons. The van der Waals surface area contributed by atoms with Gasteiger partial charge in [-0.2, -0.15) is 0 Å². The molecule has 1 aliphatic carbocycles. The maximum Gasteiger partial charge on any atom is 0.212 e. The van der Waals surface area contributed by atoms with Crippen molar-refractivity contribution in [2.24, 2.45) is 0 Å². The van der Waals surface area contributed by atoms with Gasteiger partial charge in [-0.05, 0) is 56.8 Å². The second kappa shape index (κ2) is 6.46. The van der Waals surface area contributed by atoms with Crippen molar-refractivity contribution in [2.75, 3.05) is 17.3 Å². The van der Waals surface area contributed by atoms with E-state index in [0.29, 0.717) is 6.41 Å². The van der Waals surface area contributed by atoms with E-state index in [-0.39, 0.29) is 5.54 Å². The molecule has 1 aromatic carbocycles. The van der Waals surface area contributed by atoms with Crippen LogP contribution >= 0.6 is 23.3 Å². The Morgan fingerprint density at radius 3 is 2.78 bits per heavy atom. The number of aromatic nitrogens is 2. The molecule has 2 aromatic rings. The number of anilines is 3. The molecular weight excluding hydrogens is 330 g/mol. The van der Waals surface area contributed by atoms with Crippen molar-refractivity contribution in [3.8, 4) is 0 Å². The van der Waals surface area contributed by atoms with Gasteiger partial charge in [-0.3, -0.25) is 9.52 Å². The lowest BCUT2D eigenvalue weighted by atomic mass is 10.2. The molecule has 0 bridgehead atoms. The highest BCUT2D eigenvalue weighted by Crippen LogP contribution is 2.39. The van der Waals surface area contributed by atoms with Gasteiger partial charge in [0.25, 0.3) is 0 Å². The van der Waals surface area contributed by atoms with Gasteiger partial charge >= 0.3 is 0 Å². The maximum absolute atomic E-state index is 10.9. The number of nitrogens with one attached hydrogen (secondary N) is 2. The lowest BCUT2D eigenvalue weighted by molar-refractivity contribution is -0.105. The smallest absolute Gasteiger partial charge is 0.212 e. The van der Waals surface area contributed by atoms with E-state index < -0.39 is 0 Å². The molecule has 23 heavy (non-hydrogen) atoms. The molecule has 0 radical (unpaired) electrons. The zero-order valence-corrected chi connectivity index (χ0v) is 14.9. The van der Waals surface area contributed by atoms with Crippen molar-refractivity contribution < 1.29 is 4.79 Å². The Morgan fingerprint density at radius 2 is 2.17 bits per heavy atom. The van der Waals surface area contributed by atoms with E-state index in [9.17, 15) is 4.79 Å². The lowest BCUT2D eigenvalue weighted by Crippen LogP contribution is -2.20. The number of hydrogen-bond donors (Lipinski definition) is 2. The van der Waals surface area contributed by atoms with Gasteiger partial charge in [0.15, 0.2) is 0 Å². The number of aryl methyl sites for hydroxylation is 1. The third kappa shape index (κ3) is 3.82. The number of rotatable bonds is 7. The van der Waals surface area contributed by atoms with Crippen LogP contribution in [0.25, 0.3) is 0 Å². The Kier molecular flexibility index (Phi) is 4.56. The van der Waals surface area contributed by atoms with Crippen LogP contribution in [0.15, 0.2) is 23.1 Å². The molecule has 2 N–H and O–H groups in total. The van der Waals surface area contributed by atoms with Gasteiger partial charge in [0, 0.05) is 17.5 Å². The largest absolute Gasteiger partial charge is 0.327 e. The first kappa shape index (κ1) is 16.2. The van der Waals surface area contributed by atoms with Crippen LogP contribution in [0, 0.1) is 6.92 Å². The number of benzene rings is 1. The fourth-order valence-corrected chi connectivity index (χ4v) is 3.57. The summed E-state index contributed by atoms with van der Waals surface area (Å²) in [5.74, 6) is 0. The van der Waals surface area contributed by atoms with E-state index >= 15 is 0 Å². The van der Waals surface area contributed by atoms with Crippen LogP contribution in [0.4, 0.5) is 16.5 Å². The van der Waals surface area contributed by atoms with E-state index in [1.807, 2.05) is 37.1 Å². The second-order valence-corrected chi connectivity index (χ2v) is 7.91. The lowest BCUT2D eigenvalue weighted by Gasteiger charge is -2.20. The van der Waals surface area contributed by atoms with Gasteiger partial charge in [-0.1, -0.05) is 11.3 Å². The number of nitrogens with zero attached hydrogens (tertiary/aromatic N) is 3. The predicted molar refractivity (Wildman–Crippen MR) is 95.5 cm³/mol. The zero-order valence-electron chi connectivity index (χ0n) is 13.3. The summed E-state index contributed by atoms with van der Waals surface area (Å²) in [6.07, 6.45) is 3.11. The predicted octanol–water partition coefficient (Wildman–Crippen LogP) is 3.33. The Morgan fingerprint density at radius 1 is 1.39 bits per heavy atom. The summed E-state index contributed by atoms with van der Waals surface area (Å²) in [5, 5.41) is 12.7. The average molecular weight is 349 g/mol. The van der Waals surface area contributed by atoms with Crippen molar-refractivity contribution in [1.29, 1.82) is 0 Å². The van der Waals surface area contributed by atoms with E-state index in [1.165, 1.54) is 24.2 Å². The summed E-state index contributed by atoms with van der Waals surface area (Å²) in [6.45, 7) is 4.14. The Hall–Kier alpha value is -1.64. The van der Waals surface area contributed by atoms with Crippen molar-refractivity contribution in [3.05, 3.63) is 23.2 Å². The minimum absolute atomic E-state index is 0.257. The second-order valence-electron chi connectivity index (χ2n) is 5.87. The van der Waals surface area contributed by atoms with E-state index in [1.54, 1.807) is 11.9 Å². The first-order valence-electron chi connectivity index (χ1n) is 7.33. The molecule has 0 saturated heterocycles. The standard InChI is InChI=1S/C15H19N5OS2/c1-10-17-18-14(22-10)20(3)13-8-11(4-5-12(13)16-9-21)23-19-15(2)6-7-15/h4-5,8-9,19H,6-7H2,1-3H3,(H,16,21). The first-order valence-corrected chi connectivity index (χ1v) is 8.96. The maximum atomic E-state index is 10.9. The molecule has 1 saturated carbocycles. The SMILES string of the molecule is Cc1nnc(N(C)c2cc(SNC3(C)CC3)ccc2NC=O)s1. The molecule has 0 spiro atoms. The highest BCUT2D eigenvalue weighted by molar-refractivity contribution is 7.97. The van der Waals surface area contributed by atoms with Crippen molar-refractivity contribution in [1.82, 2.24) is 14.9 Å². The fourth-order valence-electron chi connectivity index (χ4n) is 2.03. The van der Waals surface area contributed by atoms with Gasteiger partial charge in [0.2, 0.25) is 11.5 Å². The van der Waals surface area contributed by atoms with Crippen LogP contribution in [0.2, 0.25) is 0 Å². The third-order valence-corrected chi connectivity index (χ3v) is 5.76. The molecule has 0 atom stereocenters. The normalized spacial score (nSPS) is 15.3. The van der Waals surface area contributed by atoms with E-state index in [2.05, 4.69) is 27.2 Å². The van der Waals surface area contributed by atoms with Crippen molar-refractivity contribution in [3.63, 3.8) is 0 Å². The zero-order chi connectivity index (χ0) is 16.4. The number of carbonyl (C=O) groups excluding carboxylic acids is 1. The van der Waals surface area contributed by atoms with E-state index in [4.69, 9.17) is 0 Å². The van der Waals surface area contributed by atoms with Crippen LogP contribution in [0.3, 0.4) is 0 Å². The molecule has 6 nitrogen and oxygen atoms in total. The Bertz CT molecular complexity index is 714. The minimum atomic E-state index is 0.257. The molecule has 0 aliphatic heterocycles. The highest BCUT2D eigenvalue weighted by atomic mass is 32.2. The van der Waals surface area contributed by atoms with Gasteiger partial charge in [-0.15, -0.1) is 10.2 Å². The molecule has 8 heteroatoms. The molecule has 1 amide bonds. The summed E-state index contributed by atoms with van der Waals surface area (Å²) < 4.78 is 3.49. The van der Waals surface area contributed by atoms with Crippen LogP contribution in [-0.4, -0.2) is 29.2 Å². The van der Waals surface area contributed by atoms with Crippen LogP contribution < -0.4 is 14.9 Å². The molecule has 1 aromatic heterocycles. The molecule has 0 unspecified atom stereocenters. The summed E-state index contributed by atoms with van der Waals surface area (Å²) in [5.41, 5.74) is 1.89. The summed E-state index contributed by atoms with van der Waals surface area (Å²) >= 11 is 3.14. The molecular formula is C15H19N5OS2. The van der Waals surface area contributed by atoms with Crippen LogP contribution in [-0.2, 0) is 4.79 Å². The molecule has 1 heterocycles. The van der Waals surface area contributed by atoms with Crippen LogP contribution in [0.5, 0.6) is 0 Å². The molecule has 1 fully saturated rings. The fraction of sp³-hybridized carbons (Fsp3) is 0.400. The minimum Gasteiger partial charge on any atom is -0.327 e. The van der Waals surface area contributed by atoms with Crippen molar-refractivity contribution >= 4 is 46.2 Å². The van der Waals surface area contributed by atoms with Gasteiger partial charge < -0.3 is 10.2 Å². The highest BCUT2D eigenvalue weighted by Gasteiger charge is 2.37. The summed E-state index contributed by atoms with van der Waals surface area (Å²) in [4.78, 5) is 13.9. The summed E-state index contributed by atoms with van der Waals surface area (Å²) in [7, 11) is 1.93. The summed E-state index contributed by atoms with van der Waals surface area (Å²) in [6, 6.07) is 5.96. The number of hydrogen-bond acceptors (Lipinski definition) is 7. The van der Waals surface area contributed by atoms with Gasteiger partial charge in [0.05, 0.1) is 11.4 Å². The van der Waals surface area contributed by atoms with Crippen LogP contribution in [0.1, 0.15) is 24.8 Å². The average Bonchev–Trinajstić information content (AvgIpc) is 3.12. The number of carbonyl (C=O) groups is 1. The molecule has 1 aliphatic rings. The molecule has 3 rings (SSSR count). The van der Waals surface area contributed by atoms with E-state index in [0.717, 1.165) is 26.4 Å². The quantitative estimate of drug-likeness (QED) is 0.590. The third-order valence-electron chi connectivity index (χ3n) is 3.76.